The van der Waals surface area contributed by atoms with E-state index >= 15 is 0 Å². The Bertz CT molecular complexity index is 468. The maximum Gasteiger partial charge on any atom is 0.146 e. The molecule has 2 rings (SSSR count). The van der Waals surface area contributed by atoms with E-state index in [0.29, 0.717) is 13.1 Å². The van der Waals surface area contributed by atoms with Crippen LogP contribution in [0.2, 0.25) is 0 Å². The molecule has 0 spiro atoms. The van der Waals surface area contributed by atoms with E-state index in [2.05, 4.69) is 20.5 Å². The fourth-order valence-electron chi connectivity index (χ4n) is 1.34. The van der Waals surface area contributed by atoms with Crippen molar-refractivity contribution < 1.29 is 4.39 Å². The maximum atomic E-state index is 12.8. The predicted molar refractivity (Wildman–Crippen MR) is 55.7 cm³/mol. The number of nitrogens with zero attached hydrogens (tertiary/aromatic N) is 4. The Morgan fingerprint density at radius 1 is 1.38 bits per heavy atom. The van der Waals surface area contributed by atoms with Crippen LogP contribution in [0.5, 0.6) is 0 Å². The number of hydrogen-bond donors (Lipinski definition) is 1. The second-order valence-electron chi connectivity index (χ2n) is 3.47. The van der Waals surface area contributed by atoms with Gasteiger partial charge in [-0.1, -0.05) is 0 Å². The van der Waals surface area contributed by atoms with E-state index in [0.717, 1.165) is 11.4 Å². The molecule has 0 aliphatic heterocycles. The van der Waals surface area contributed by atoms with Gasteiger partial charge in [0.1, 0.15) is 18.0 Å². The van der Waals surface area contributed by atoms with Gasteiger partial charge >= 0.3 is 0 Å². The summed E-state index contributed by atoms with van der Waals surface area (Å²) in [5, 5.41) is 10.8. The molecule has 0 aliphatic rings. The highest BCUT2D eigenvalue weighted by Gasteiger charge is 2.00. The Hall–Kier alpha value is -1.82. The van der Waals surface area contributed by atoms with Gasteiger partial charge in [-0.15, -0.1) is 10.2 Å². The Morgan fingerprint density at radius 2 is 2.25 bits per heavy atom. The molecular weight excluding hydrogens is 209 g/mol. The number of hydrogen-bond acceptors (Lipinski definition) is 4. The molecule has 0 aromatic carbocycles. The fraction of sp³-hybridized carbons (Fsp3) is 0.300. The summed E-state index contributed by atoms with van der Waals surface area (Å²) < 4.78 is 14.6. The zero-order valence-corrected chi connectivity index (χ0v) is 8.89. The number of aromatic nitrogens is 4. The van der Waals surface area contributed by atoms with Crippen molar-refractivity contribution in [3.05, 3.63) is 42.0 Å². The lowest BCUT2D eigenvalue weighted by Gasteiger charge is -2.03. The van der Waals surface area contributed by atoms with Gasteiger partial charge in [-0.2, -0.15) is 0 Å². The summed E-state index contributed by atoms with van der Waals surface area (Å²) >= 11 is 0. The molecule has 0 bridgehead atoms. The van der Waals surface area contributed by atoms with Gasteiger partial charge in [-0.25, -0.2) is 4.39 Å². The first kappa shape index (κ1) is 10.7. The maximum absolute atomic E-state index is 12.8. The first-order valence-electron chi connectivity index (χ1n) is 4.89. The van der Waals surface area contributed by atoms with Crippen molar-refractivity contribution >= 4 is 0 Å². The second kappa shape index (κ2) is 4.80. The summed E-state index contributed by atoms with van der Waals surface area (Å²) in [6.07, 6.45) is 4.46. The zero-order chi connectivity index (χ0) is 11.4. The molecule has 84 valence electrons. The third-order valence-electron chi connectivity index (χ3n) is 2.18. The number of rotatable bonds is 4. The first-order valence-corrected chi connectivity index (χ1v) is 4.89. The van der Waals surface area contributed by atoms with E-state index in [4.69, 9.17) is 0 Å². The molecule has 0 unspecified atom stereocenters. The fourth-order valence-corrected chi connectivity index (χ4v) is 1.34. The monoisotopic (exact) mass is 221 g/mol. The van der Waals surface area contributed by atoms with Crippen LogP contribution >= 0.6 is 0 Å². The molecule has 1 N–H and O–H groups in total. The molecule has 0 aliphatic carbocycles. The van der Waals surface area contributed by atoms with E-state index in [-0.39, 0.29) is 5.82 Å². The van der Waals surface area contributed by atoms with Gasteiger partial charge in [0, 0.05) is 19.8 Å². The van der Waals surface area contributed by atoms with E-state index in [1.165, 1.54) is 12.3 Å². The quantitative estimate of drug-likeness (QED) is 0.823. The lowest BCUT2D eigenvalue weighted by atomic mass is 10.3. The van der Waals surface area contributed by atoms with Crippen molar-refractivity contribution in [2.75, 3.05) is 0 Å². The number of halogens is 1. The van der Waals surface area contributed by atoms with Gasteiger partial charge < -0.3 is 9.88 Å². The minimum absolute atomic E-state index is 0.321. The largest absolute Gasteiger partial charge is 0.320 e. The van der Waals surface area contributed by atoms with Crippen molar-refractivity contribution in [3.63, 3.8) is 0 Å². The minimum atomic E-state index is -0.321. The lowest BCUT2D eigenvalue weighted by Crippen LogP contribution is -2.15. The Kier molecular flexibility index (Phi) is 3.21. The average Bonchev–Trinajstić information content (AvgIpc) is 2.65. The summed E-state index contributed by atoms with van der Waals surface area (Å²) in [6, 6.07) is 1.46. The van der Waals surface area contributed by atoms with Crippen LogP contribution in [0.15, 0.2) is 24.8 Å². The Labute approximate surface area is 92.3 Å². The Balaban J connectivity index is 1.87. The van der Waals surface area contributed by atoms with Gasteiger partial charge in [0.05, 0.1) is 12.7 Å². The summed E-state index contributed by atoms with van der Waals surface area (Å²) in [5.74, 6) is 0.516. The summed E-state index contributed by atoms with van der Waals surface area (Å²) in [6.45, 7) is 1.14. The van der Waals surface area contributed by atoms with Crippen molar-refractivity contribution in [2.45, 2.75) is 13.1 Å². The normalized spacial score (nSPS) is 10.6. The molecule has 5 nitrogen and oxygen atoms in total. The standard InChI is InChI=1S/C10H12FN5/c1-16-7-14-15-10(16)6-13-4-8-2-9(11)5-12-3-8/h2-3,5,7,13H,4,6H2,1H3. The van der Waals surface area contributed by atoms with Gasteiger partial charge in [0.2, 0.25) is 0 Å². The van der Waals surface area contributed by atoms with E-state index < -0.39 is 0 Å². The van der Waals surface area contributed by atoms with Gasteiger partial charge in [0.25, 0.3) is 0 Å². The van der Waals surface area contributed by atoms with Crippen LogP contribution < -0.4 is 5.32 Å². The number of aryl methyl sites for hydroxylation is 1. The first-order chi connectivity index (χ1) is 7.75. The third-order valence-corrected chi connectivity index (χ3v) is 2.18. The van der Waals surface area contributed by atoms with Crippen LogP contribution in [0.4, 0.5) is 4.39 Å². The highest BCUT2D eigenvalue weighted by Crippen LogP contribution is 2.00. The number of pyridine rings is 1. The van der Waals surface area contributed by atoms with Gasteiger partial charge in [-0.3, -0.25) is 4.98 Å². The highest BCUT2D eigenvalue weighted by atomic mass is 19.1. The molecule has 0 atom stereocenters. The van der Waals surface area contributed by atoms with Gasteiger partial charge in [0.15, 0.2) is 0 Å². The lowest BCUT2D eigenvalue weighted by molar-refractivity contribution is 0.606. The van der Waals surface area contributed by atoms with Crippen molar-refractivity contribution in [3.8, 4) is 0 Å². The molecule has 16 heavy (non-hydrogen) atoms. The molecule has 0 fully saturated rings. The predicted octanol–water partition coefficient (Wildman–Crippen LogP) is 0.639. The molecular formula is C10H12FN5. The third kappa shape index (κ3) is 2.60. The van der Waals surface area contributed by atoms with Crippen LogP contribution in [0.3, 0.4) is 0 Å². The molecule has 6 heteroatoms. The molecule has 2 heterocycles. The molecule has 0 saturated heterocycles. The van der Waals surface area contributed by atoms with Crippen LogP contribution in [0.25, 0.3) is 0 Å². The number of nitrogens with one attached hydrogen (secondary N) is 1. The summed E-state index contributed by atoms with van der Waals surface area (Å²) in [5.41, 5.74) is 0.808. The van der Waals surface area contributed by atoms with Crippen LogP contribution in [0.1, 0.15) is 11.4 Å². The van der Waals surface area contributed by atoms with E-state index in [1.807, 2.05) is 11.6 Å². The van der Waals surface area contributed by atoms with Crippen molar-refractivity contribution in [2.24, 2.45) is 7.05 Å². The van der Waals surface area contributed by atoms with E-state index in [1.54, 1.807) is 12.5 Å². The molecule has 2 aromatic heterocycles. The molecule has 0 radical (unpaired) electrons. The average molecular weight is 221 g/mol. The minimum Gasteiger partial charge on any atom is -0.320 e. The second-order valence-corrected chi connectivity index (χ2v) is 3.47. The SMILES string of the molecule is Cn1cnnc1CNCc1cncc(F)c1. The molecule has 0 amide bonds. The topological polar surface area (TPSA) is 55.6 Å². The Morgan fingerprint density at radius 3 is 2.94 bits per heavy atom. The van der Waals surface area contributed by atoms with Crippen molar-refractivity contribution in [1.29, 1.82) is 0 Å². The molecule has 0 saturated carbocycles. The van der Waals surface area contributed by atoms with Crippen LogP contribution in [-0.4, -0.2) is 19.7 Å². The smallest absolute Gasteiger partial charge is 0.146 e. The molecule has 2 aromatic rings. The van der Waals surface area contributed by atoms with E-state index in [9.17, 15) is 4.39 Å². The highest BCUT2D eigenvalue weighted by molar-refractivity contribution is 5.09. The van der Waals surface area contributed by atoms with Gasteiger partial charge in [-0.05, 0) is 11.6 Å². The summed E-state index contributed by atoms with van der Waals surface area (Å²) in [7, 11) is 1.88. The van der Waals surface area contributed by atoms with Crippen LogP contribution in [-0.2, 0) is 20.1 Å². The van der Waals surface area contributed by atoms with Crippen molar-refractivity contribution in [1.82, 2.24) is 25.1 Å². The zero-order valence-electron chi connectivity index (χ0n) is 8.89. The summed E-state index contributed by atoms with van der Waals surface area (Å²) in [4.78, 5) is 3.77. The van der Waals surface area contributed by atoms with Crippen LogP contribution in [0, 0.1) is 5.82 Å².